The van der Waals surface area contributed by atoms with Crippen LogP contribution in [0.2, 0.25) is 0 Å². The third-order valence-corrected chi connectivity index (χ3v) is 5.60. The maximum atomic E-state index is 11.5. The lowest BCUT2D eigenvalue weighted by Gasteiger charge is -2.32. The van der Waals surface area contributed by atoms with Crippen molar-refractivity contribution in [3.63, 3.8) is 0 Å². The zero-order chi connectivity index (χ0) is 22.8. The number of aryl methyl sites for hydroxylation is 1. The first-order valence-corrected chi connectivity index (χ1v) is 10.3. The largest absolute Gasteiger partial charge is 0.373 e. The van der Waals surface area contributed by atoms with Gasteiger partial charge in [0.15, 0.2) is 0 Å². The SMILES string of the molecule is CCC(CC)(CCc1ccc(Sc2ccccc2)cc1)NC(C)=O.O=C=O.O=C=O. The molecule has 0 bridgehead atoms. The highest BCUT2D eigenvalue weighted by Crippen LogP contribution is 2.28. The average molecular weight is 430 g/mol. The fourth-order valence-electron chi connectivity index (χ4n) is 2.95. The fourth-order valence-corrected chi connectivity index (χ4v) is 3.79. The van der Waals surface area contributed by atoms with E-state index in [1.807, 2.05) is 6.07 Å². The van der Waals surface area contributed by atoms with Gasteiger partial charge in [-0.15, -0.1) is 0 Å². The zero-order valence-corrected chi connectivity index (χ0v) is 18.3. The number of nitrogens with one attached hydrogen (secondary N) is 1. The van der Waals surface area contributed by atoms with E-state index in [9.17, 15) is 4.79 Å². The van der Waals surface area contributed by atoms with Crippen molar-refractivity contribution >= 4 is 30.0 Å². The van der Waals surface area contributed by atoms with Gasteiger partial charge in [0.25, 0.3) is 0 Å². The first kappa shape index (κ1) is 27.0. The zero-order valence-electron chi connectivity index (χ0n) is 17.5. The van der Waals surface area contributed by atoms with E-state index in [1.54, 1.807) is 18.7 Å². The van der Waals surface area contributed by atoms with Crippen LogP contribution in [0.4, 0.5) is 0 Å². The first-order chi connectivity index (χ1) is 14.4. The molecular formula is C23H27NO5S. The van der Waals surface area contributed by atoms with E-state index in [0.29, 0.717) is 0 Å². The molecule has 0 aliphatic rings. The van der Waals surface area contributed by atoms with Gasteiger partial charge in [0, 0.05) is 22.3 Å². The molecule has 1 N–H and O–H groups in total. The highest BCUT2D eigenvalue weighted by atomic mass is 32.2. The number of carbonyl (C=O) groups is 1. The van der Waals surface area contributed by atoms with Crippen molar-refractivity contribution in [3.8, 4) is 0 Å². The summed E-state index contributed by atoms with van der Waals surface area (Å²) in [4.78, 5) is 46.5. The molecule has 2 aromatic rings. The van der Waals surface area contributed by atoms with Crippen molar-refractivity contribution < 1.29 is 24.0 Å². The number of hydrogen-bond acceptors (Lipinski definition) is 6. The third-order valence-electron chi connectivity index (χ3n) is 4.59. The second-order valence-electron chi connectivity index (χ2n) is 6.39. The summed E-state index contributed by atoms with van der Waals surface area (Å²) in [5.41, 5.74) is 1.24. The molecule has 0 spiro atoms. The Morgan fingerprint density at radius 1 is 0.867 bits per heavy atom. The second-order valence-corrected chi connectivity index (χ2v) is 7.54. The molecule has 0 aromatic heterocycles. The maximum absolute atomic E-state index is 11.5. The lowest BCUT2D eigenvalue weighted by molar-refractivity contribution is -0.193. The summed E-state index contributed by atoms with van der Waals surface area (Å²) in [5, 5.41) is 3.16. The molecule has 0 fully saturated rings. The molecule has 0 unspecified atom stereocenters. The van der Waals surface area contributed by atoms with Gasteiger partial charge < -0.3 is 5.32 Å². The number of hydrogen-bond donors (Lipinski definition) is 1. The minimum atomic E-state index is -0.0801. The first-order valence-electron chi connectivity index (χ1n) is 9.49. The lowest BCUT2D eigenvalue weighted by Crippen LogP contribution is -2.47. The van der Waals surface area contributed by atoms with Crippen LogP contribution in [0.5, 0.6) is 0 Å². The number of benzene rings is 2. The molecule has 0 radical (unpaired) electrons. The monoisotopic (exact) mass is 429 g/mol. The van der Waals surface area contributed by atoms with E-state index in [0.717, 1.165) is 25.7 Å². The summed E-state index contributed by atoms with van der Waals surface area (Å²) in [6.07, 6.45) is 4.39. The van der Waals surface area contributed by atoms with Gasteiger partial charge in [-0.05, 0) is 55.5 Å². The molecule has 0 aliphatic heterocycles. The summed E-state index contributed by atoms with van der Waals surface area (Å²) in [6, 6.07) is 19.2. The minimum Gasteiger partial charge on any atom is -0.351 e. The molecule has 1 amide bonds. The van der Waals surface area contributed by atoms with Gasteiger partial charge in [-0.25, -0.2) is 0 Å². The van der Waals surface area contributed by atoms with Gasteiger partial charge in [-0.1, -0.05) is 55.9 Å². The Balaban J connectivity index is 0.00000125. The minimum absolute atomic E-state index is 0.0632. The van der Waals surface area contributed by atoms with Crippen LogP contribution in [-0.4, -0.2) is 23.7 Å². The van der Waals surface area contributed by atoms with Crippen LogP contribution < -0.4 is 5.32 Å². The predicted molar refractivity (Wildman–Crippen MR) is 112 cm³/mol. The lowest BCUT2D eigenvalue weighted by atomic mass is 9.86. The second kappa shape index (κ2) is 15.9. The molecule has 0 aliphatic carbocycles. The molecule has 160 valence electrons. The van der Waals surface area contributed by atoms with E-state index in [4.69, 9.17) is 19.2 Å². The normalized spacial score (nSPS) is 9.57. The van der Waals surface area contributed by atoms with Crippen LogP contribution in [0.1, 0.15) is 45.6 Å². The van der Waals surface area contributed by atoms with Crippen LogP contribution in [0.3, 0.4) is 0 Å². The Hall–Kier alpha value is -2.98. The molecule has 0 saturated heterocycles. The quantitative estimate of drug-likeness (QED) is 0.672. The summed E-state index contributed by atoms with van der Waals surface area (Å²) < 4.78 is 0. The highest BCUT2D eigenvalue weighted by molar-refractivity contribution is 7.99. The Bertz CT molecular complexity index is 793. The third kappa shape index (κ3) is 11.1. The summed E-state index contributed by atoms with van der Waals surface area (Å²) >= 11 is 1.78. The van der Waals surface area contributed by atoms with Crippen LogP contribution in [-0.2, 0) is 30.4 Å². The predicted octanol–water partition coefficient (Wildman–Crippen LogP) is 4.30. The van der Waals surface area contributed by atoms with Crippen molar-refractivity contribution in [2.24, 2.45) is 0 Å². The molecular weight excluding hydrogens is 402 g/mol. The van der Waals surface area contributed by atoms with Gasteiger partial charge >= 0.3 is 12.3 Å². The van der Waals surface area contributed by atoms with Gasteiger partial charge in [0.1, 0.15) is 0 Å². The Kier molecular flexibility index (Phi) is 14.3. The van der Waals surface area contributed by atoms with Crippen LogP contribution in [0.25, 0.3) is 0 Å². The fraction of sp³-hybridized carbons (Fsp3) is 0.348. The van der Waals surface area contributed by atoms with Gasteiger partial charge in [-0.3, -0.25) is 4.79 Å². The molecule has 0 heterocycles. The smallest absolute Gasteiger partial charge is 0.351 e. The number of carbonyl (C=O) groups excluding carboxylic acids is 5. The molecule has 2 rings (SSSR count). The Labute approximate surface area is 181 Å². The van der Waals surface area contributed by atoms with Crippen LogP contribution in [0.15, 0.2) is 64.4 Å². The molecule has 0 atom stereocenters. The molecule has 6 nitrogen and oxygen atoms in total. The molecule has 7 heteroatoms. The maximum Gasteiger partial charge on any atom is 0.373 e. The van der Waals surface area contributed by atoms with Crippen molar-refractivity contribution in [2.45, 2.75) is 61.8 Å². The van der Waals surface area contributed by atoms with Crippen molar-refractivity contribution in [2.75, 3.05) is 0 Å². The Morgan fingerprint density at radius 3 is 1.77 bits per heavy atom. The number of rotatable bonds is 8. The van der Waals surface area contributed by atoms with Gasteiger partial charge in [-0.2, -0.15) is 19.2 Å². The Morgan fingerprint density at radius 2 is 1.33 bits per heavy atom. The van der Waals surface area contributed by atoms with Crippen LogP contribution >= 0.6 is 11.8 Å². The van der Waals surface area contributed by atoms with Gasteiger partial charge in [0.2, 0.25) is 5.91 Å². The summed E-state index contributed by atoms with van der Waals surface area (Å²) in [7, 11) is 0. The van der Waals surface area contributed by atoms with Crippen molar-refractivity contribution in [1.29, 1.82) is 0 Å². The van der Waals surface area contributed by atoms with Gasteiger partial charge in [0.05, 0.1) is 0 Å². The van der Waals surface area contributed by atoms with E-state index < -0.39 is 0 Å². The molecule has 30 heavy (non-hydrogen) atoms. The van der Waals surface area contributed by atoms with E-state index >= 15 is 0 Å². The highest BCUT2D eigenvalue weighted by Gasteiger charge is 2.26. The van der Waals surface area contributed by atoms with E-state index in [1.165, 1.54) is 15.4 Å². The average Bonchev–Trinajstić information content (AvgIpc) is 2.74. The van der Waals surface area contributed by atoms with E-state index in [-0.39, 0.29) is 23.7 Å². The molecule has 0 saturated carbocycles. The topological polar surface area (TPSA) is 97.4 Å². The summed E-state index contributed by atoms with van der Waals surface area (Å²) in [5.74, 6) is 0.0632. The standard InChI is InChI=1S/C21H27NOS.2CO2/c1-4-21(5-2,22-17(3)23)16-15-18-11-13-20(14-12-18)24-19-9-7-6-8-10-19;2*2-1-3/h6-14H,4-5,15-16H2,1-3H3,(H,22,23);;. The molecule has 2 aromatic carbocycles. The van der Waals surface area contributed by atoms with Crippen molar-refractivity contribution in [3.05, 3.63) is 60.2 Å². The van der Waals surface area contributed by atoms with E-state index in [2.05, 4.69) is 67.7 Å². The number of amides is 1. The van der Waals surface area contributed by atoms with Crippen molar-refractivity contribution in [1.82, 2.24) is 5.32 Å². The van der Waals surface area contributed by atoms with Crippen LogP contribution in [0, 0.1) is 0 Å². The summed E-state index contributed by atoms with van der Waals surface area (Å²) in [6.45, 7) is 5.91.